The van der Waals surface area contributed by atoms with Crippen LogP contribution in [0.4, 0.5) is 14.5 Å². The monoisotopic (exact) mass is 462 g/mol. The minimum Gasteiger partial charge on any atom is -0.471 e. The zero-order chi connectivity index (χ0) is 24.2. The molecule has 0 aliphatic carbocycles. The van der Waals surface area contributed by atoms with E-state index in [4.69, 9.17) is 9.47 Å². The lowest BCUT2D eigenvalue weighted by molar-refractivity contribution is -0.0712. The lowest BCUT2D eigenvalue weighted by atomic mass is 10.1. The largest absolute Gasteiger partial charge is 0.471 e. The van der Waals surface area contributed by atoms with E-state index in [1.807, 2.05) is 41.5 Å². The summed E-state index contributed by atoms with van der Waals surface area (Å²) in [4.78, 5) is 14.4. The number of fused-ring (bicyclic) bond motifs is 1. The van der Waals surface area contributed by atoms with Crippen LogP contribution in [0.2, 0.25) is 0 Å². The third-order valence-corrected chi connectivity index (χ3v) is 4.77. The highest BCUT2D eigenvalue weighted by atomic mass is 19.3. The van der Waals surface area contributed by atoms with Gasteiger partial charge >= 0.3 is 6.01 Å². The van der Waals surface area contributed by atoms with Gasteiger partial charge in [0.05, 0.1) is 24.3 Å². The summed E-state index contributed by atoms with van der Waals surface area (Å²) in [7, 11) is 0. The molecule has 1 N–H and O–H groups in total. The Morgan fingerprint density at radius 1 is 1.09 bits per heavy atom. The number of nitrogens with zero attached hydrogens (tertiary/aromatic N) is 6. The molecule has 1 aliphatic rings. The molecule has 1 saturated heterocycles. The molecule has 1 unspecified atom stereocenters. The Balaban J connectivity index is 1.83. The van der Waals surface area contributed by atoms with E-state index in [-0.39, 0.29) is 18.4 Å². The molecule has 1 fully saturated rings. The number of aliphatic hydroxyl groups is 1. The van der Waals surface area contributed by atoms with Crippen LogP contribution in [0.15, 0.2) is 24.7 Å². The van der Waals surface area contributed by atoms with Crippen molar-refractivity contribution in [1.82, 2.24) is 24.6 Å². The molecule has 33 heavy (non-hydrogen) atoms. The number of alkyl halides is 2. The number of aliphatic hydroxyl groups excluding tert-OH is 1. The first-order chi connectivity index (χ1) is 15.2. The van der Waals surface area contributed by atoms with E-state index in [0.717, 1.165) is 0 Å². The van der Waals surface area contributed by atoms with Crippen molar-refractivity contribution in [3.63, 3.8) is 0 Å². The van der Waals surface area contributed by atoms with Gasteiger partial charge in [-0.15, -0.1) is 0 Å². The SMILES string of the molecule is CC(C)(C)Oc1ncc(-c2cc(N3CC(O)C(F)(F)C3)c3nccn3n2)c(OC(C)(C)C)n1. The minimum absolute atomic E-state index is 0.150. The van der Waals surface area contributed by atoms with Crippen LogP contribution in [0.1, 0.15) is 41.5 Å². The highest BCUT2D eigenvalue weighted by molar-refractivity contribution is 5.76. The smallest absolute Gasteiger partial charge is 0.320 e. The molecule has 1 aliphatic heterocycles. The number of β-amino-alcohol motifs (C(OH)–C–C–N with tert-alkyl or cyclic N) is 1. The van der Waals surface area contributed by atoms with Gasteiger partial charge in [0.15, 0.2) is 5.65 Å². The van der Waals surface area contributed by atoms with Crippen LogP contribution in [0.3, 0.4) is 0 Å². The first kappa shape index (κ1) is 23.1. The summed E-state index contributed by atoms with van der Waals surface area (Å²) < 4.78 is 41.5. The number of aromatic nitrogens is 5. The summed E-state index contributed by atoms with van der Waals surface area (Å²) >= 11 is 0. The summed E-state index contributed by atoms with van der Waals surface area (Å²) in [5.74, 6) is -2.97. The lowest BCUT2D eigenvalue weighted by Crippen LogP contribution is -2.31. The third kappa shape index (κ3) is 4.97. The number of imidazole rings is 1. The molecule has 4 rings (SSSR count). The van der Waals surface area contributed by atoms with Crippen molar-refractivity contribution in [1.29, 1.82) is 0 Å². The molecule has 0 aromatic carbocycles. The van der Waals surface area contributed by atoms with Crippen molar-refractivity contribution >= 4 is 11.3 Å². The van der Waals surface area contributed by atoms with Crippen molar-refractivity contribution in [3.8, 4) is 23.1 Å². The number of ether oxygens (including phenoxy) is 2. The zero-order valence-corrected chi connectivity index (χ0v) is 19.5. The maximum atomic E-state index is 14.1. The molecule has 4 heterocycles. The van der Waals surface area contributed by atoms with Gasteiger partial charge in [-0.25, -0.2) is 23.3 Å². The standard InChI is InChI=1S/C22H28F2N6O3/c1-20(2,3)32-18-13(10-26-19(27-18)33-21(4,5)6)14-9-15(17-25-7-8-30(17)28-14)29-11-16(31)22(23,24)12-29/h7-10,16,31H,11-12H2,1-6H3. The number of anilines is 1. The van der Waals surface area contributed by atoms with Gasteiger partial charge in [-0.05, 0) is 47.6 Å². The Morgan fingerprint density at radius 3 is 2.39 bits per heavy atom. The molecule has 0 spiro atoms. The van der Waals surface area contributed by atoms with E-state index in [2.05, 4.69) is 20.1 Å². The molecule has 3 aromatic heterocycles. The van der Waals surface area contributed by atoms with Gasteiger partial charge in [0, 0.05) is 18.6 Å². The molecular weight excluding hydrogens is 434 g/mol. The van der Waals surface area contributed by atoms with Crippen molar-refractivity contribution in [2.45, 2.75) is 64.8 Å². The Kier molecular flexibility index (Phi) is 5.43. The van der Waals surface area contributed by atoms with E-state index in [1.165, 1.54) is 21.8 Å². The molecule has 0 amide bonds. The second kappa shape index (κ2) is 7.75. The normalized spacial score (nSPS) is 18.7. The molecule has 0 bridgehead atoms. The van der Waals surface area contributed by atoms with Gasteiger partial charge in [0.25, 0.3) is 5.92 Å². The Bertz CT molecular complexity index is 1170. The fourth-order valence-electron chi connectivity index (χ4n) is 3.43. The molecule has 11 heteroatoms. The fraction of sp³-hybridized carbons (Fsp3) is 0.545. The van der Waals surface area contributed by atoms with Gasteiger partial charge < -0.3 is 19.5 Å². The summed E-state index contributed by atoms with van der Waals surface area (Å²) in [6, 6.07) is 1.78. The predicted octanol–water partition coefficient (Wildman–Crippen LogP) is 3.36. The van der Waals surface area contributed by atoms with Crippen molar-refractivity contribution in [2.75, 3.05) is 18.0 Å². The zero-order valence-electron chi connectivity index (χ0n) is 19.5. The number of hydrogen-bond acceptors (Lipinski definition) is 8. The highest BCUT2D eigenvalue weighted by Gasteiger charge is 2.48. The fourth-order valence-corrected chi connectivity index (χ4v) is 3.43. The van der Waals surface area contributed by atoms with E-state index < -0.39 is 29.8 Å². The van der Waals surface area contributed by atoms with Crippen LogP contribution in [0.25, 0.3) is 16.9 Å². The maximum absolute atomic E-state index is 14.1. The van der Waals surface area contributed by atoms with Gasteiger partial charge in [-0.2, -0.15) is 10.1 Å². The molecule has 0 radical (unpaired) electrons. The van der Waals surface area contributed by atoms with Gasteiger partial charge in [-0.3, -0.25) is 0 Å². The Labute approximate surface area is 190 Å². The quantitative estimate of drug-likeness (QED) is 0.630. The molecule has 3 aromatic rings. The van der Waals surface area contributed by atoms with Gasteiger partial charge in [0.2, 0.25) is 5.88 Å². The first-order valence-corrected chi connectivity index (χ1v) is 10.6. The van der Waals surface area contributed by atoms with E-state index in [0.29, 0.717) is 22.6 Å². The molecule has 9 nitrogen and oxygen atoms in total. The van der Waals surface area contributed by atoms with Crippen molar-refractivity contribution < 1.29 is 23.4 Å². The van der Waals surface area contributed by atoms with Crippen LogP contribution >= 0.6 is 0 Å². The van der Waals surface area contributed by atoms with E-state index >= 15 is 0 Å². The number of rotatable bonds is 4. The highest BCUT2D eigenvalue weighted by Crippen LogP contribution is 2.37. The predicted molar refractivity (Wildman–Crippen MR) is 118 cm³/mol. The van der Waals surface area contributed by atoms with Crippen LogP contribution in [0, 0.1) is 0 Å². The maximum Gasteiger partial charge on any atom is 0.320 e. The van der Waals surface area contributed by atoms with E-state index in [1.54, 1.807) is 12.3 Å². The van der Waals surface area contributed by atoms with Crippen molar-refractivity contribution in [3.05, 3.63) is 24.7 Å². The van der Waals surface area contributed by atoms with Crippen LogP contribution < -0.4 is 14.4 Å². The molecule has 0 saturated carbocycles. The average molecular weight is 463 g/mol. The lowest BCUT2D eigenvalue weighted by Gasteiger charge is -2.24. The minimum atomic E-state index is -3.22. The summed E-state index contributed by atoms with van der Waals surface area (Å²) in [5, 5.41) is 14.4. The van der Waals surface area contributed by atoms with Crippen LogP contribution in [-0.4, -0.2) is 66.0 Å². The molecular formula is C22H28F2N6O3. The second-order valence-corrected chi connectivity index (χ2v) is 10.1. The first-order valence-electron chi connectivity index (χ1n) is 10.6. The van der Waals surface area contributed by atoms with Gasteiger partial charge in [0.1, 0.15) is 23.0 Å². The number of hydrogen-bond donors (Lipinski definition) is 1. The molecule has 178 valence electrons. The van der Waals surface area contributed by atoms with Crippen molar-refractivity contribution in [2.24, 2.45) is 0 Å². The van der Waals surface area contributed by atoms with Crippen LogP contribution in [0.5, 0.6) is 11.9 Å². The molecule has 1 atom stereocenters. The third-order valence-electron chi connectivity index (χ3n) is 4.77. The van der Waals surface area contributed by atoms with Crippen LogP contribution in [-0.2, 0) is 0 Å². The topological polar surface area (TPSA) is 97.9 Å². The summed E-state index contributed by atoms with van der Waals surface area (Å²) in [5.41, 5.74) is 0.596. The Hall–Kier alpha value is -3.08. The Morgan fingerprint density at radius 2 is 1.79 bits per heavy atom. The summed E-state index contributed by atoms with van der Waals surface area (Å²) in [6.07, 6.45) is 2.93. The second-order valence-electron chi connectivity index (χ2n) is 10.1. The van der Waals surface area contributed by atoms with E-state index in [9.17, 15) is 13.9 Å². The number of halogens is 2. The van der Waals surface area contributed by atoms with Gasteiger partial charge in [-0.1, -0.05) is 0 Å². The average Bonchev–Trinajstić information content (AvgIpc) is 3.22. The summed E-state index contributed by atoms with van der Waals surface area (Å²) in [6.45, 7) is 10.5.